The molecule has 0 N–H and O–H groups in total. The summed E-state index contributed by atoms with van der Waals surface area (Å²) in [6.45, 7) is 11.7. The highest BCUT2D eigenvalue weighted by atomic mass is 32.2. The summed E-state index contributed by atoms with van der Waals surface area (Å²) in [5.74, 6) is 0.361. The summed E-state index contributed by atoms with van der Waals surface area (Å²) in [6, 6.07) is 7.85. The lowest BCUT2D eigenvalue weighted by molar-refractivity contribution is -0.128. The quantitative estimate of drug-likeness (QED) is 0.358. The Morgan fingerprint density at radius 1 is 1.10 bits per heavy atom. The molecule has 0 fully saturated rings. The maximum atomic E-state index is 13.5. The van der Waals surface area contributed by atoms with Crippen molar-refractivity contribution in [1.82, 2.24) is 14.5 Å². The van der Waals surface area contributed by atoms with Crippen molar-refractivity contribution in [3.05, 3.63) is 50.6 Å². The van der Waals surface area contributed by atoms with Gasteiger partial charge in [0.25, 0.3) is 5.56 Å². The highest BCUT2D eigenvalue weighted by molar-refractivity contribution is 7.99. The van der Waals surface area contributed by atoms with Gasteiger partial charge in [0.15, 0.2) is 5.16 Å². The molecule has 1 amide bonds. The van der Waals surface area contributed by atoms with E-state index >= 15 is 0 Å². The van der Waals surface area contributed by atoms with E-state index in [4.69, 9.17) is 4.98 Å². The van der Waals surface area contributed by atoms with Crippen LogP contribution in [0.4, 0.5) is 0 Å². The first kappa shape index (κ1) is 22.6. The van der Waals surface area contributed by atoms with Crippen molar-refractivity contribution in [2.24, 2.45) is 0 Å². The van der Waals surface area contributed by atoms with Crippen LogP contribution in [0.2, 0.25) is 0 Å². The number of thioether (sulfide) groups is 1. The van der Waals surface area contributed by atoms with E-state index in [1.165, 1.54) is 23.1 Å². The molecule has 1 aromatic carbocycles. The zero-order valence-electron chi connectivity index (χ0n) is 18.3. The minimum atomic E-state index is -0.0698. The molecule has 0 unspecified atom stereocenters. The van der Waals surface area contributed by atoms with Gasteiger partial charge in [0.2, 0.25) is 5.91 Å². The van der Waals surface area contributed by atoms with Crippen LogP contribution in [-0.2, 0) is 4.79 Å². The molecule has 0 saturated heterocycles. The predicted octanol–water partition coefficient (Wildman–Crippen LogP) is 5.11. The van der Waals surface area contributed by atoms with Gasteiger partial charge in [-0.05, 0) is 51.3 Å². The van der Waals surface area contributed by atoms with Gasteiger partial charge in [0, 0.05) is 18.0 Å². The highest BCUT2D eigenvalue weighted by Gasteiger charge is 2.20. The van der Waals surface area contributed by atoms with Crippen molar-refractivity contribution in [2.75, 3.05) is 18.8 Å². The number of carbonyl (C=O) groups is 1. The molecule has 2 aromatic heterocycles. The number of carbonyl (C=O) groups excluding carboxylic acids is 1. The SMILES string of the molecule is CCCN(CCC)C(=O)CSc1nc2sc(C)c(C)c2c(=O)n1-c1ccc(C)cc1. The Labute approximate surface area is 186 Å². The third-order valence-electron chi connectivity index (χ3n) is 5.13. The summed E-state index contributed by atoms with van der Waals surface area (Å²) in [5, 5.41) is 1.24. The average molecular weight is 444 g/mol. The molecule has 3 rings (SSSR count). The molecule has 0 radical (unpaired) electrons. The maximum absolute atomic E-state index is 13.5. The lowest BCUT2D eigenvalue weighted by Crippen LogP contribution is -2.34. The van der Waals surface area contributed by atoms with Crippen molar-refractivity contribution in [3.63, 3.8) is 0 Å². The minimum absolute atomic E-state index is 0.0698. The summed E-state index contributed by atoms with van der Waals surface area (Å²) in [6.07, 6.45) is 1.87. The third-order valence-corrected chi connectivity index (χ3v) is 7.15. The first-order chi connectivity index (χ1) is 14.4. The van der Waals surface area contributed by atoms with Crippen LogP contribution in [0.15, 0.2) is 34.2 Å². The van der Waals surface area contributed by atoms with Crippen LogP contribution in [0.1, 0.15) is 42.7 Å². The van der Waals surface area contributed by atoms with E-state index in [0.29, 0.717) is 10.5 Å². The molecule has 0 saturated carbocycles. The molecule has 0 atom stereocenters. The molecular formula is C23H29N3O2S2. The second-order valence-electron chi connectivity index (χ2n) is 7.50. The second kappa shape index (κ2) is 9.79. The number of nitrogens with zero attached hydrogens (tertiary/aromatic N) is 3. The maximum Gasteiger partial charge on any atom is 0.267 e. The van der Waals surface area contributed by atoms with Crippen molar-refractivity contribution < 1.29 is 4.79 Å². The molecule has 0 aliphatic heterocycles. The second-order valence-corrected chi connectivity index (χ2v) is 9.65. The Kier molecular flexibility index (Phi) is 7.36. The van der Waals surface area contributed by atoms with Gasteiger partial charge in [-0.25, -0.2) is 4.98 Å². The van der Waals surface area contributed by atoms with Crippen LogP contribution < -0.4 is 5.56 Å². The fourth-order valence-electron chi connectivity index (χ4n) is 3.41. The van der Waals surface area contributed by atoms with Gasteiger partial charge in [-0.1, -0.05) is 43.3 Å². The monoisotopic (exact) mass is 443 g/mol. The van der Waals surface area contributed by atoms with Gasteiger partial charge >= 0.3 is 0 Å². The number of amides is 1. The van der Waals surface area contributed by atoms with Crippen LogP contribution in [0, 0.1) is 20.8 Å². The van der Waals surface area contributed by atoms with E-state index in [0.717, 1.165) is 52.5 Å². The molecule has 0 aliphatic rings. The Morgan fingerprint density at radius 2 is 1.73 bits per heavy atom. The van der Waals surface area contributed by atoms with Gasteiger partial charge < -0.3 is 4.90 Å². The van der Waals surface area contributed by atoms with Crippen LogP contribution in [0.5, 0.6) is 0 Å². The van der Waals surface area contributed by atoms with Crippen LogP contribution in [0.3, 0.4) is 0 Å². The van der Waals surface area contributed by atoms with E-state index in [1.807, 2.05) is 49.9 Å². The van der Waals surface area contributed by atoms with Gasteiger partial charge in [-0.2, -0.15) is 0 Å². The molecular weight excluding hydrogens is 414 g/mol. The van der Waals surface area contributed by atoms with E-state index in [9.17, 15) is 9.59 Å². The normalized spacial score (nSPS) is 11.2. The predicted molar refractivity (Wildman–Crippen MR) is 127 cm³/mol. The zero-order valence-corrected chi connectivity index (χ0v) is 20.0. The Balaban J connectivity index is 2.04. The molecule has 7 heteroatoms. The van der Waals surface area contributed by atoms with Crippen LogP contribution in [-0.4, -0.2) is 39.2 Å². The van der Waals surface area contributed by atoms with Crippen molar-refractivity contribution in [2.45, 2.75) is 52.6 Å². The highest BCUT2D eigenvalue weighted by Crippen LogP contribution is 2.29. The largest absolute Gasteiger partial charge is 0.342 e. The number of rotatable bonds is 8. The van der Waals surface area contributed by atoms with Gasteiger partial charge in [0.1, 0.15) is 4.83 Å². The molecule has 5 nitrogen and oxygen atoms in total. The molecule has 160 valence electrons. The molecule has 0 aliphatic carbocycles. The number of hydrogen-bond donors (Lipinski definition) is 0. The summed E-state index contributed by atoms with van der Waals surface area (Å²) in [4.78, 5) is 34.8. The molecule has 30 heavy (non-hydrogen) atoms. The smallest absolute Gasteiger partial charge is 0.267 e. The van der Waals surface area contributed by atoms with Gasteiger partial charge in [-0.15, -0.1) is 11.3 Å². The zero-order chi connectivity index (χ0) is 21.8. The van der Waals surface area contributed by atoms with Crippen LogP contribution >= 0.6 is 23.1 Å². The first-order valence-corrected chi connectivity index (χ1v) is 12.2. The van der Waals surface area contributed by atoms with Crippen molar-refractivity contribution >= 4 is 39.2 Å². The third kappa shape index (κ3) is 4.62. The van der Waals surface area contributed by atoms with Crippen LogP contribution in [0.25, 0.3) is 15.9 Å². The minimum Gasteiger partial charge on any atom is -0.342 e. The lowest BCUT2D eigenvalue weighted by atomic mass is 10.2. The number of fused-ring (bicyclic) bond motifs is 1. The van der Waals surface area contributed by atoms with Crippen molar-refractivity contribution in [3.8, 4) is 5.69 Å². The van der Waals surface area contributed by atoms with Gasteiger partial charge in [0.05, 0.1) is 16.8 Å². The topological polar surface area (TPSA) is 55.2 Å². The number of aromatic nitrogens is 2. The van der Waals surface area contributed by atoms with E-state index < -0.39 is 0 Å². The fraction of sp³-hybridized carbons (Fsp3) is 0.435. The number of benzene rings is 1. The fourth-order valence-corrected chi connectivity index (χ4v) is 5.40. The van der Waals surface area contributed by atoms with Gasteiger partial charge in [-0.3, -0.25) is 14.2 Å². The summed E-state index contributed by atoms with van der Waals surface area (Å²) >= 11 is 2.88. The number of hydrogen-bond acceptors (Lipinski definition) is 5. The molecule has 2 heterocycles. The average Bonchev–Trinajstić information content (AvgIpc) is 3.01. The van der Waals surface area contributed by atoms with E-state index in [-0.39, 0.29) is 17.2 Å². The van der Waals surface area contributed by atoms with Crippen molar-refractivity contribution in [1.29, 1.82) is 0 Å². The molecule has 0 spiro atoms. The summed E-state index contributed by atoms with van der Waals surface area (Å²) in [7, 11) is 0. The Hall–Kier alpha value is -2.12. The molecule has 0 bridgehead atoms. The Bertz CT molecular complexity index is 1090. The molecule has 3 aromatic rings. The Morgan fingerprint density at radius 3 is 2.33 bits per heavy atom. The van der Waals surface area contributed by atoms with E-state index in [1.54, 1.807) is 4.57 Å². The summed E-state index contributed by atoms with van der Waals surface area (Å²) in [5.41, 5.74) is 2.82. The number of aryl methyl sites for hydroxylation is 3. The summed E-state index contributed by atoms with van der Waals surface area (Å²) < 4.78 is 1.66. The lowest BCUT2D eigenvalue weighted by Gasteiger charge is -2.21. The first-order valence-electron chi connectivity index (χ1n) is 10.4. The standard InChI is InChI=1S/C23H29N3O2S2/c1-6-12-25(13-7-2)19(27)14-29-23-24-21-20(16(4)17(5)30-21)22(28)26(23)18-10-8-15(3)9-11-18/h8-11H,6-7,12-14H2,1-5H3. The van der Waals surface area contributed by atoms with E-state index in [2.05, 4.69) is 13.8 Å². The number of thiophene rings is 1.